The molecule has 1 aliphatic carbocycles. The average Bonchev–Trinajstić information content (AvgIpc) is 3.09. The van der Waals surface area contributed by atoms with E-state index >= 15 is 0 Å². The minimum absolute atomic E-state index is 0.282. The van der Waals surface area contributed by atoms with Gasteiger partial charge >= 0.3 is 11.9 Å². The van der Waals surface area contributed by atoms with Crippen molar-refractivity contribution >= 4 is 11.9 Å². The molecule has 1 aliphatic heterocycles. The fourth-order valence-electron chi connectivity index (χ4n) is 2.98. The Morgan fingerprint density at radius 2 is 2.04 bits per heavy atom. The summed E-state index contributed by atoms with van der Waals surface area (Å²) in [7, 11) is 0. The molecule has 2 aromatic carbocycles. The average molecular weight is 324 g/mol. The lowest BCUT2D eigenvalue weighted by Crippen LogP contribution is -2.18. The fourth-order valence-corrected chi connectivity index (χ4v) is 2.98. The molecule has 5 heteroatoms. The van der Waals surface area contributed by atoms with Gasteiger partial charge in [0.1, 0.15) is 23.9 Å². The van der Waals surface area contributed by atoms with Gasteiger partial charge in [-0.25, -0.2) is 4.79 Å². The number of aliphatic carboxylic acids is 1. The number of esters is 1. The van der Waals surface area contributed by atoms with Crippen LogP contribution >= 0.6 is 0 Å². The van der Waals surface area contributed by atoms with E-state index in [1.165, 1.54) is 0 Å². The van der Waals surface area contributed by atoms with Gasteiger partial charge in [0.05, 0.1) is 5.56 Å². The summed E-state index contributed by atoms with van der Waals surface area (Å²) in [5.74, 6) is -0.480. The second-order valence-electron chi connectivity index (χ2n) is 6.48. The highest BCUT2D eigenvalue weighted by Gasteiger charge is 2.59. The number of para-hydroxylation sites is 1. The predicted molar refractivity (Wildman–Crippen MR) is 85.8 cm³/mol. The lowest BCUT2D eigenvalue weighted by Gasteiger charge is -2.13. The van der Waals surface area contributed by atoms with E-state index in [-0.39, 0.29) is 18.7 Å². The Hall–Kier alpha value is -2.82. The van der Waals surface area contributed by atoms with Crippen LogP contribution in [0.4, 0.5) is 0 Å². The number of hydrogen-bond donors (Lipinski definition) is 1. The monoisotopic (exact) mass is 324 g/mol. The van der Waals surface area contributed by atoms with Crippen LogP contribution in [0.25, 0.3) is 11.1 Å². The number of carbonyl (C=O) groups excluding carboxylic acids is 1. The SMILES string of the molecule is CC1(C(=O)O)CC1Oc1ccccc1-c1ccc2c(c1)COC2=O. The van der Waals surface area contributed by atoms with Gasteiger partial charge in [-0.15, -0.1) is 0 Å². The van der Waals surface area contributed by atoms with E-state index in [4.69, 9.17) is 9.47 Å². The van der Waals surface area contributed by atoms with Gasteiger partial charge in [-0.05, 0) is 30.7 Å². The van der Waals surface area contributed by atoms with E-state index in [1.54, 1.807) is 13.0 Å². The molecule has 1 heterocycles. The van der Waals surface area contributed by atoms with Crippen LogP contribution in [0.5, 0.6) is 5.75 Å². The number of hydrogen-bond acceptors (Lipinski definition) is 4. The molecule has 0 amide bonds. The Bertz CT molecular complexity index is 857. The molecule has 0 bridgehead atoms. The van der Waals surface area contributed by atoms with Crippen molar-refractivity contribution in [2.24, 2.45) is 5.41 Å². The summed E-state index contributed by atoms with van der Waals surface area (Å²) in [4.78, 5) is 22.8. The molecular formula is C19H16O5. The van der Waals surface area contributed by atoms with Gasteiger partial charge in [0, 0.05) is 17.5 Å². The van der Waals surface area contributed by atoms with Gasteiger partial charge < -0.3 is 14.6 Å². The van der Waals surface area contributed by atoms with Crippen LogP contribution in [0.3, 0.4) is 0 Å². The molecule has 2 aromatic rings. The van der Waals surface area contributed by atoms with Gasteiger partial charge in [-0.3, -0.25) is 4.79 Å². The van der Waals surface area contributed by atoms with E-state index in [2.05, 4.69) is 0 Å². The molecule has 2 unspecified atom stereocenters. The van der Waals surface area contributed by atoms with Crippen LogP contribution in [0.15, 0.2) is 42.5 Å². The Balaban J connectivity index is 1.66. The first-order valence-electron chi connectivity index (χ1n) is 7.78. The van der Waals surface area contributed by atoms with E-state index in [9.17, 15) is 14.7 Å². The fraction of sp³-hybridized carbons (Fsp3) is 0.263. The van der Waals surface area contributed by atoms with Crippen molar-refractivity contribution in [3.8, 4) is 16.9 Å². The third-order valence-electron chi connectivity index (χ3n) is 4.80. The maximum Gasteiger partial charge on any atom is 0.338 e. The summed E-state index contributed by atoms with van der Waals surface area (Å²) < 4.78 is 11.0. The van der Waals surface area contributed by atoms with E-state index < -0.39 is 11.4 Å². The number of carboxylic acids is 1. The largest absolute Gasteiger partial charge is 0.489 e. The predicted octanol–water partition coefficient (Wildman–Crippen LogP) is 3.27. The maximum atomic E-state index is 11.6. The Morgan fingerprint density at radius 3 is 2.79 bits per heavy atom. The van der Waals surface area contributed by atoms with Crippen molar-refractivity contribution in [2.75, 3.05) is 0 Å². The molecule has 2 atom stereocenters. The number of rotatable bonds is 4. The lowest BCUT2D eigenvalue weighted by atomic mass is 9.99. The second-order valence-corrected chi connectivity index (χ2v) is 6.48. The zero-order valence-corrected chi connectivity index (χ0v) is 13.1. The molecule has 2 aliphatic rings. The van der Waals surface area contributed by atoms with Gasteiger partial charge in [-0.2, -0.15) is 0 Å². The molecule has 5 nitrogen and oxygen atoms in total. The molecule has 1 saturated carbocycles. The van der Waals surface area contributed by atoms with E-state index in [0.717, 1.165) is 16.7 Å². The Labute approximate surface area is 138 Å². The summed E-state index contributed by atoms with van der Waals surface area (Å²) in [5.41, 5.74) is 2.43. The van der Waals surface area contributed by atoms with Crippen molar-refractivity contribution in [3.63, 3.8) is 0 Å². The molecule has 1 fully saturated rings. The third kappa shape index (κ3) is 2.24. The van der Waals surface area contributed by atoms with Crippen LogP contribution in [0, 0.1) is 5.41 Å². The standard InChI is InChI=1S/C19H16O5/c1-19(18(21)22)9-16(19)24-15-5-3-2-4-13(15)11-6-7-14-12(8-11)10-23-17(14)20/h2-8,16H,9-10H2,1H3,(H,21,22). The number of benzene rings is 2. The highest BCUT2D eigenvalue weighted by molar-refractivity contribution is 5.94. The molecule has 0 aromatic heterocycles. The highest BCUT2D eigenvalue weighted by atomic mass is 16.5. The molecule has 0 radical (unpaired) electrons. The summed E-state index contributed by atoms with van der Waals surface area (Å²) in [6, 6.07) is 13.1. The van der Waals surface area contributed by atoms with Gasteiger partial charge in [-0.1, -0.05) is 24.3 Å². The van der Waals surface area contributed by atoms with Crippen LogP contribution in [0.2, 0.25) is 0 Å². The minimum atomic E-state index is -0.835. The first kappa shape index (κ1) is 14.8. The summed E-state index contributed by atoms with van der Waals surface area (Å²) in [5, 5.41) is 9.25. The third-order valence-corrected chi connectivity index (χ3v) is 4.80. The van der Waals surface area contributed by atoms with Crippen LogP contribution in [0.1, 0.15) is 29.3 Å². The highest BCUT2D eigenvalue weighted by Crippen LogP contribution is 2.49. The maximum absolute atomic E-state index is 11.6. The van der Waals surface area contributed by atoms with Gasteiger partial charge in [0.15, 0.2) is 0 Å². The molecule has 122 valence electrons. The second kappa shape index (κ2) is 5.09. The number of carboxylic acid groups (broad SMARTS) is 1. The van der Waals surface area contributed by atoms with Crippen molar-refractivity contribution < 1.29 is 24.2 Å². The topological polar surface area (TPSA) is 72.8 Å². The molecule has 1 N–H and O–H groups in total. The number of ether oxygens (including phenoxy) is 2. The zero-order chi connectivity index (χ0) is 16.9. The van der Waals surface area contributed by atoms with Crippen molar-refractivity contribution in [3.05, 3.63) is 53.6 Å². The van der Waals surface area contributed by atoms with Crippen molar-refractivity contribution in [2.45, 2.75) is 26.1 Å². The van der Waals surface area contributed by atoms with Gasteiger partial charge in [0.25, 0.3) is 0 Å². The number of cyclic esters (lactones) is 1. The molecular weight excluding hydrogens is 308 g/mol. The summed E-state index contributed by atoms with van der Waals surface area (Å²) in [6.07, 6.45) is 0.180. The van der Waals surface area contributed by atoms with Crippen molar-refractivity contribution in [1.29, 1.82) is 0 Å². The molecule has 24 heavy (non-hydrogen) atoms. The first-order valence-corrected chi connectivity index (χ1v) is 7.78. The quantitative estimate of drug-likeness (QED) is 0.874. The minimum Gasteiger partial charge on any atom is -0.489 e. The summed E-state index contributed by atoms with van der Waals surface area (Å²) >= 11 is 0. The Morgan fingerprint density at radius 1 is 1.25 bits per heavy atom. The van der Waals surface area contributed by atoms with Gasteiger partial charge in [0.2, 0.25) is 0 Å². The van der Waals surface area contributed by atoms with Crippen LogP contribution in [-0.2, 0) is 16.1 Å². The van der Waals surface area contributed by atoms with E-state index in [0.29, 0.717) is 17.7 Å². The van der Waals surface area contributed by atoms with Crippen molar-refractivity contribution in [1.82, 2.24) is 0 Å². The normalized spacial score (nSPS) is 24.2. The van der Waals surface area contributed by atoms with Crippen LogP contribution < -0.4 is 4.74 Å². The summed E-state index contributed by atoms with van der Waals surface area (Å²) in [6.45, 7) is 1.98. The van der Waals surface area contributed by atoms with E-state index in [1.807, 2.05) is 36.4 Å². The molecule has 4 rings (SSSR count). The number of carbonyl (C=O) groups is 2. The van der Waals surface area contributed by atoms with Crippen LogP contribution in [-0.4, -0.2) is 23.1 Å². The Kier molecular flexibility index (Phi) is 3.13. The number of fused-ring (bicyclic) bond motifs is 1. The first-order chi connectivity index (χ1) is 11.5. The zero-order valence-electron chi connectivity index (χ0n) is 13.1. The lowest BCUT2D eigenvalue weighted by molar-refractivity contribution is -0.143. The molecule has 0 spiro atoms. The smallest absolute Gasteiger partial charge is 0.338 e. The molecule has 0 saturated heterocycles.